The summed E-state index contributed by atoms with van der Waals surface area (Å²) in [5.74, 6) is 1.49. The molecule has 0 aromatic heterocycles. The highest BCUT2D eigenvalue weighted by Crippen LogP contribution is 2.46. The van der Waals surface area contributed by atoms with Gasteiger partial charge in [-0.1, -0.05) is 15.9 Å². The number of benzene rings is 1. The number of rotatable bonds is 0. The van der Waals surface area contributed by atoms with Crippen molar-refractivity contribution >= 4 is 15.9 Å². The zero-order valence-electron chi connectivity index (χ0n) is 8.83. The van der Waals surface area contributed by atoms with Gasteiger partial charge in [0.2, 0.25) is 0 Å². The number of fused-ring (bicyclic) bond motifs is 3. The maximum Gasteiger partial charge on any atom is 0.167 e. The van der Waals surface area contributed by atoms with Crippen molar-refractivity contribution in [2.75, 3.05) is 13.2 Å². The lowest BCUT2D eigenvalue weighted by molar-refractivity contribution is 0.133. The van der Waals surface area contributed by atoms with Crippen LogP contribution in [0.4, 0.5) is 0 Å². The van der Waals surface area contributed by atoms with E-state index in [9.17, 15) is 5.11 Å². The fourth-order valence-corrected chi connectivity index (χ4v) is 3.06. The first kappa shape index (κ1) is 10.4. The van der Waals surface area contributed by atoms with Gasteiger partial charge in [0.1, 0.15) is 13.2 Å². The van der Waals surface area contributed by atoms with Crippen molar-refractivity contribution in [1.82, 2.24) is 0 Å². The Morgan fingerprint density at radius 3 is 3.00 bits per heavy atom. The van der Waals surface area contributed by atoms with Crippen LogP contribution in [0.25, 0.3) is 0 Å². The van der Waals surface area contributed by atoms with Crippen molar-refractivity contribution < 1.29 is 14.6 Å². The number of halogens is 1. The Kier molecular flexibility index (Phi) is 2.56. The Balaban J connectivity index is 2.21. The third-order valence-corrected chi connectivity index (χ3v) is 3.87. The highest BCUT2D eigenvalue weighted by Gasteiger charge is 2.28. The number of aliphatic hydroxyl groups is 1. The van der Waals surface area contributed by atoms with Crippen molar-refractivity contribution in [3.63, 3.8) is 0 Å². The lowest BCUT2D eigenvalue weighted by atomic mass is 9.88. The van der Waals surface area contributed by atoms with Gasteiger partial charge in [-0.25, -0.2) is 0 Å². The van der Waals surface area contributed by atoms with Crippen LogP contribution in [0.3, 0.4) is 0 Å². The smallest absolute Gasteiger partial charge is 0.167 e. The minimum Gasteiger partial charge on any atom is -0.486 e. The van der Waals surface area contributed by atoms with E-state index in [0.29, 0.717) is 13.2 Å². The van der Waals surface area contributed by atoms with Gasteiger partial charge in [-0.3, -0.25) is 0 Å². The SMILES string of the molecule is O[C@@H]1CCCc2c(Br)cc3c(c21)OCCO3. The molecule has 0 unspecified atom stereocenters. The van der Waals surface area contributed by atoms with E-state index in [1.54, 1.807) is 0 Å². The second-order valence-electron chi connectivity index (χ2n) is 4.18. The van der Waals surface area contributed by atoms with Crippen molar-refractivity contribution in [2.45, 2.75) is 25.4 Å². The Labute approximate surface area is 102 Å². The predicted molar refractivity (Wildman–Crippen MR) is 63.0 cm³/mol. The summed E-state index contributed by atoms with van der Waals surface area (Å²) in [6.45, 7) is 1.14. The van der Waals surface area contributed by atoms with Crippen LogP contribution < -0.4 is 9.47 Å². The van der Waals surface area contributed by atoms with Crippen LogP contribution in [-0.4, -0.2) is 18.3 Å². The van der Waals surface area contributed by atoms with E-state index in [1.807, 2.05) is 6.07 Å². The van der Waals surface area contributed by atoms with Crippen LogP contribution in [0.1, 0.15) is 30.1 Å². The molecule has 4 heteroatoms. The molecule has 16 heavy (non-hydrogen) atoms. The average molecular weight is 285 g/mol. The maximum absolute atomic E-state index is 10.1. The molecule has 3 nitrogen and oxygen atoms in total. The molecule has 0 bridgehead atoms. The standard InChI is InChI=1S/C12H13BrO3/c13-8-6-10-12(16-5-4-15-10)11-7(8)2-1-3-9(11)14/h6,9,14H,1-5H2/t9-/m1/s1. The fraction of sp³-hybridized carbons (Fsp3) is 0.500. The van der Waals surface area contributed by atoms with Gasteiger partial charge in [-0.15, -0.1) is 0 Å². The van der Waals surface area contributed by atoms with Crippen LogP contribution in [0.2, 0.25) is 0 Å². The molecule has 0 fully saturated rings. The van der Waals surface area contributed by atoms with Crippen LogP contribution in [-0.2, 0) is 6.42 Å². The lowest BCUT2D eigenvalue weighted by Crippen LogP contribution is -2.20. The minimum absolute atomic E-state index is 0.420. The Bertz CT molecular complexity index is 431. The van der Waals surface area contributed by atoms with Crippen molar-refractivity contribution in [3.05, 3.63) is 21.7 Å². The first-order valence-electron chi connectivity index (χ1n) is 5.56. The van der Waals surface area contributed by atoms with Gasteiger partial charge in [-0.05, 0) is 30.9 Å². The molecule has 1 heterocycles. The van der Waals surface area contributed by atoms with E-state index < -0.39 is 6.10 Å². The molecule has 1 aliphatic carbocycles. The molecule has 1 N–H and O–H groups in total. The van der Waals surface area contributed by atoms with E-state index in [2.05, 4.69) is 15.9 Å². The van der Waals surface area contributed by atoms with Gasteiger partial charge in [0.15, 0.2) is 11.5 Å². The van der Waals surface area contributed by atoms with E-state index in [4.69, 9.17) is 9.47 Å². The van der Waals surface area contributed by atoms with Gasteiger partial charge in [0, 0.05) is 10.0 Å². The third-order valence-electron chi connectivity index (χ3n) is 3.16. The van der Waals surface area contributed by atoms with Crippen LogP contribution >= 0.6 is 15.9 Å². The summed E-state index contributed by atoms with van der Waals surface area (Å²) in [6, 6.07) is 1.95. The van der Waals surface area contributed by atoms with Gasteiger partial charge >= 0.3 is 0 Å². The van der Waals surface area contributed by atoms with Crippen LogP contribution in [0.15, 0.2) is 10.5 Å². The molecular formula is C12H13BrO3. The average Bonchev–Trinajstić information content (AvgIpc) is 2.30. The first-order chi connectivity index (χ1) is 7.77. The van der Waals surface area contributed by atoms with E-state index in [-0.39, 0.29) is 0 Å². The molecule has 0 radical (unpaired) electrons. The summed E-state index contributed by atoms with van der Waals surface area (Å²) in [5, 5.41) is 10.1. The highest BCUT2D eigenvalue weighted by atomic mass is 79.9. The predicted octanol–water partition coefficient (Wildman–Crippen LogP) is 2.59. The summed E-state index contributed by atoms with van der Waals surface area (Å²) in [7, 11) is 0. The second kappa shape index (κ2) is 3.93. The van der Waals surface area contributed by atoms with Crippen molar-refractivity contribution in [3.8, 4) is 11.5 Å². The van der Waals surface area contributed by atoms with Crippen molar-refractivity contribution in [2.24, 2.45) is 0 Å². The van der Waals surface area contributed by atoms with E-state index >= 15 is 0 Å². The molecular weight excluding hydrogens is 272 g/mol. The quantitative estimate of drug-likeness (QED) is 0.796. The molecule has 86 valence electrons. The van der Waals surface area contributed by atoms with Gasteiger partial charge < -0.3 is 14.6 Å². The lowest BCUT2D eigenvalue weighted by Gasteiger charge is -2.29. The van der Waals surface area contributed by atoms with E-state index in [0.717, 1.165) is 40.8 Å². The molecule has 1 aliphatic heterocycles. The molecule has 0 saturated carbocycles. The molecule has 0 spiro atoms. The summed E-state index contributed by atoms with van der Waals surface area (Å²) < 4.78 is 12.2. The van der Waals surface area contributed by atoms with E-state index in [1.165, 1.54) is 5.56 Å². The monoisotopic (exact) mass is 284 g/mol. The zero-order chi connectivity index (χ0) is 11.1. The number of ether oxygens (including phenoxy) is 2. The van der Waals surface area contributed by atoms with Gasteiger partial charge in [0.25, 0.3) is 0 Å². The minimum atomic E-state index is -0.420. The Hall–Kier alpha value is -0.740. The fourth-order valence-electron chi connectivity index (χ4n) is 2.44. The van der Waals surface area contributed by atoms with Crippen LogP contribution in [0.5, 0.6) is 11.5 Å². The summed E-state index contributed by atoms with van der Waals surface area (Å²) in [4.78, 5) is 0. The Morgan fingerprint density at radius 2 is 2.12 bits per heavy atom. The number of hydrogen-bond acceptors (Lipinski definition) is 3. The molecule has 0 amide bonds. The summed E-state index contributed by atoms with van der Waals surface area (Å²) in [6.07, 6.45) is 2.40. The number of aliphatic hydroxyl groups excluding tert-OH is 1. The normalized spacial score (nSPS) is 22.8. The highest BCUT2D eigenvalue weighted by molar-refractivity contribution is 9.10. The van der Waals surface area contributed by atoms with Gasteiger partial charge in [-0.2, -0.15) is 0 Å². The first-order valence-corrected chi connectivity index (χ1v) is 6.35. The summed E-state index contributed by atoms with van der Waals surface area (Å²) >= 11 is 3.54. The molecule has 3 rings (SSSR count). The molecule has 1 aromatic rings. The third kappa shape index (κ3) is 1.52. The second-order valence-corrected chi connectivity index (χ2v) is 5.04. The summed E-state index contributed by atoms with van der Waals surface area (Å²) in [5.41, 5.74) is 2.10. The molecule has 0 saturated heterocycles. The maximum atomic E-state index is 10.1. The van der Waals surface area contributed by atoms with Crippen molar-refractivity contribution in [1.29, 1.82) is 0 Å². The molecule has 2 aliphatic rings. The zero-order valence-corrected chi connectivity index (χ0v) is 10.4. The largest absolute Gasteiger partial charge is 0.486 e. The molecule has 1 atom stereocenters. The number of hydrogen-bond donors (Lipinski definition) is 1. The van der Waals surface area contributed by atoms with Crippen LogP contribution in [0, 0.1) is 0 Å². The van der Waals surface area contributed by atoms with Gasteiger partial charge in [0.05, 0.1) is 6.10 Å². The topological polar surface area (TPSA) is 38.7 Å². The molecule has 1 aromatic carbocycles. The Morgan fingerprint density at radius 1 is 1.31 bits per heavy atom.